The van der Waals surface area contributed by atoms with Crippen molar-refractivity contribution in [1.82, 2.24) is 20.3 Å². The number of carboxylic acids is 1. The largest absolute Gasteiger partial charge is 0.477 e. The third-order valence-corrected chi connectivity index (χ3v) is 4.38. The molecule has 2 aromatic heterocycles. The molecule has 8 nitrogen and oxygen atoms in total. The Bertz CT molecular complexity index is 783. The predicted octanol–water partition coefficient (Wildman–Crippen LogP) is 1.82. The van der Waals surface area contributed by atoms with E-state index in [2.05, 4.69) is 27.2 Å². The molecule has 1 saturated heterocycles. The highest BCUT2D eigenvalue weighted by Gasteiger charge is 2.27. The summed E-state index contributed by atoms with van der Waals surface area (Å²) in [7, 11) is 0. The number of nitrogens with zero attached hydrogens (tertiary/aromatic N) is 4. The Balaban J connectivity index is 2.04. The zero-order valence-electron chi connectivity index (χ0n) is 15.0. The number of aromatic carboxylic acids is 1. The van der Waals surface area contributed by atoms with Gasteiger partial charge >= 0.3 is 5.97 Å². The lowest BCUT2D eigenvalue weighted by atomic mass is 10.1. The standard InChI is InChI=1S/C18H23N5O3/c1-3-12-10-19-8-9-23(12)16-15(18(24)25)22-14(11-21-16)13-6-5-7-20-17(13)26-4-2/h5-7,11-12,19H,3-4,8-10H2,1-2H3,(H,24,25)/t12-/m1/s1. The van der Waals surface area contributed by atoms with Crippen LogP contribution in [-0.4, -0.2) is 58.3 Å². The van der Waals surface area contributed by atoms with Gasteiger partial charge in [0, 0.05) is 31.9 Å². The molecule has 0 aromatic carbocycles. The van der Waals surface area contributed by atoms with Crippen LogP contribution in [0.1, 0.15) is 30.8 Å². The fraction of sp³-hybridized carbons (Fsp3) is 0.444. The molecule has 1 fully saturated rings. The summed E-state index contributed by atoms with van der Waals surface area (Å²) >= 11 is 0. The molecule has 0 bridgehead atoms. The van der Waals surface area contributed by atoms with Crippen molar-refractivity contribution in [2.75, 3.05) is 31.1 Å². The molecule has 3 rings (SSSR count). The van der Waals surface area contributed by atoms with E-state index in [9.17, 15) is 9.90 Å². The van der Waals surface area contributed by atoms with Gasteiger partial charge in [0.1, 0.15) is 0 Å². The summed E-state index contributed by atoms with van der Waals surface area (Å²) in [6.07, 6.45) is 4.11. The van der Waals surface area contributed by atoms with E-state index >= 15 is 0 Å². The molecule has 0 aliphatic carbocycles. The van der Waals surface area contributed by atoms with Crippen molar-refractivity contribution in [3.05, 3.63) is 30.2 Å². The summed E-state index contributed by atoms with van der Waals surface area (Å²) in [5.74, 6) is -0.261. The lowest BCUT2D eigenvalue weighted by Crippen LogP contribution is -2.52. The van der Waals surface area contributed by atoms with Crippen LogP contribution in [0.2, 0.25) is 0 Å². The highest BCUT2D eigenvalue weighted by atomic mass is 16.5. The summed E-state index contributed by atoms with van der Waals surface area (Å²) in [4.78, 5) is 26.9. The van der Waals surface area contributed by atoms with Gasteiger partial charge in [-0.25, -0.2) is 19.7 Å². The van der Waals surface area contributed by atoms with Gasteiger partial charge in [-0.2, -0.15) is 0 Å². The van der Waals surface area contributed by atoms with Crippen molar-refractivity contribution in [2.45, 2.75) is 26.3 Å². The molecule has 0 amide bonds. The molecule has 3 heterocycles. The number of nitrogens with one attached hydrogen (secondary N) is 1. The number of piperazine rings is 1. The number of hydrogen-bond acceptors (Lipinski definition) is 7. The number of pyridine rings is 1. The molecular formula is C18H23N5O3. The minimum absolute atomic E-state index is 0.0471. The van der Waals surface area contributed by atoms with E-state index in [1.165, 1.54) is 0 Å². The summed E-state index contributed by atoms with van der Waals surface area (Å²) in [5.41, 5.74) is 1.02. The van der Waals surface area contributed by atoms with Crippen LogP contribution in [0.4, 0.5) is 5.82 Å². The first kappa shape index (κ1) is 18.1. The summed E-state index contributed by atoms with van der Waals surface area (Å²) in [5, 5.41) is 13.0. The highest BCUT2D eigenvalue weighted by Crippen LogP contribution is 2.29. The number of rotatable bonds is 6. The number of aromatic nitrogens is 3. The molecular weight excluding hydrogens is 334 g/mol. The normalized spacial score (nSPS) is 17.2. The first-order valence-electron chi connectivity index (χ1n) is 8.81. The average molecular weight is 357 g/mol. The van der Waals surface area contributed by atoms with E-state index in [4.69, 9.17) is 4.74 Å². The molecule has 1 aliphatic rings. The van der Waals surface area contributed by atoms with Crippen molar-refractivity contribution in [2.24, 2.45) is 0 Å². The van der Waals surface area contributed by atoms with Crippen LogP contribution in [0.3, 0.4) is 0 Å². The monoisotopic (exact) mass is 357 g/mol. The lowest BCUT2D eigenvalue weighted by molar-refractivity contribution is 0.0690. The second-order valence-corrected chi connectivity index (χ2v) is 5.98. The van der Waals surface area contributed by atoms with Gasteiger partial charge in [0.25, 0.3) is 0 Å². The van der Waals surface area contributed by atoms with Crippen LogP contribution in [0.5, 0.6) is 5.88 Å². The van der Waals surface area contributed by atoms with Crippen molar-refractivity contribution in [3.8, 4) is 17.1 Å². The summed E-state index contributed by atoms with van der Waals surface area (Å²) in [6, 6.07) is 3.75. The van der Waals surface area contributed by atoms with E-state index < -0.39 is 5.97 Å². The first-order valence-corrected chi connectivity index (χ1v) is 8.81. The molecule has 8 heteroatoms. The number of carboxylic acid groups (broad SMARTS) is 1. The average Bonchev–Trinajstić information content (AvgIpc) is 2.68. The van der Waals surface area contributed by atoms with E-state index in [1.54, 1.807) is 24.5 Å². The first-order chi connectivity index (χ1) is 12.7. The van der Waals surface area contributed by atoms with Crippen LogP contribution in [0, 0.1) is 0 Å². The Hall–Kier alpha value is -2.74. The van der Waals surface area contributed by atoms with E-state index in [1.807, 2.05) is 11.8 Å². The number of anilines is 1. The Morgan fingerprint density at radius 3 is 3.00 bits per heavy atom. The number of carbonyl (C=O) groups is 1. The molecule has 2 aromatic rings. The van der Waals surface area contributed by atoms with Crippen molar-refractivity contribution < 1.29 is 14.6 Å². The SMILES string of the molecule is CCOc1ncccc1-c1cnc(N2CCNC[C@H]2CC)c(C(=O)O)n1. The third-order valence-electron chi connectivity index (χ3n) is 4.38. The van der Waals surface area contributed by atoms with Crippen LogP contribution >= 0.6 is 0 Å². The zero-order chi connectivity index (χ0) is 18.5. The van der Waals surface area contributed by atoms with Crippen LogP contribution in [-0.2, 0) is 0 Å². The van der Waals surface area contributed by atoms with Crippen LogP contribution in [0.25, 0.3) is 11.3 Å². The second-order valence-electron chi connectivity index (χ2n) is 5.98. The lowest BCUT2D eigenvalue weighted by Gasteiger charge is -2.37. The maximum Gasteiger partial charge on any atom is 0.358 e. The maximum absolute atomic E-state index is 11.9. The predicted molar refractivity (Wildman–Crippen MR) is 97.7 cm³/mol. The van der Waals surface area contributed by atoms with Gasteiger partial charge in [0.05, 0.1) is 24.1 Å². The van der Waals surface area contributed by atoms with Gasteiger partial charge in [-0.1, -0.05) is 6.92 Å². The van der Waals surface area contributed by atoms with Gasteiger partial charge in [-0.3, -0.25) is 0 Å². The molecule has 26 heavy (non-hydrogen) atoms. The Labute approximate surface area is 152 Å². The molecule has 138 valence electrons. The van der Waals surface area contributed by atoms with Crippen molar-refractivity contribution >= 4 is 11.8 Å². The van der Waals surface area contributed by atoms with Gasteiger partial charge in [0.2, 0.25) is 5.88 Å². The molecule has 0 saturated carbocycles. The summed E-state index contributed by atoms with van der Waals surface area (Å²) in [6.45, 7) is 6.69. The molecule has 1 atom stereocenters. The minimum Gasteiger partial charge on any atom is -0.477 e. The van der Waals surface area contributed by atoms with Crippen molar-refractivity contribution in [1.29, 1.82) is 0 Å². The number of ether oxygens (including phenoxy) is 1. The van der Waals surface area contributed by atoms with Crippen molar-refractivity contribution in [3.63, 3.8) is 0 Å². The van der Waals surface area contributed by atoms with E-state index in [0.717, 1.165) is 19.5 Å². The van der Waals surface area contributed by atoms with Gasteiger partial charge in [-0.05, 0) is 25.5 Å². The van der Waals surface area contributed by atoms with E-state index in [-0.39, 0.29) is 11.7 Å². The van der Waals surface area contributed by atoms with Gasteiger partial charge in [-0.15, -0.1) is 0 Å². The van der Waals surface area contributed by atoms with Crippen LogP contribution in [0.15, 0.2) is 24.5 Å². The van der Waals surface area contributed by atoms with Gasteiger partial charge in [0.15, 0.2) is 11.5 Å². The molecule has 2 N–H and O–H groups in total. The Morgan fingerprint density at radius 1 is 1.42 bits per heavy atom. The third kappa shape index (κ3) is 3.60. The highest BCUT2D eigenvalue weighted by molar-refractivity contribution is 5.92. The topological polar surface area (TPSA) is 100 Å². The maximum atomic E-state index is 11.9. The Kier molecular flexibility index (Phi) is 5.62. The molecule has 0 spiro atoms. The fourth-order valence-corrected chi connectivity index (χ4v) is 3.11. The quantitative estimate of drug-likeness (QED) is 0.807. The fourth-order valence-electron chi connectivity index (χ4n) is 3.11. The van der Waals surface area contributed by atoms with Gasteiger partial charge < -0.3 is 20.1 Å². The minimum atomic E-state index is -1.09. The Morgan fingerprint density at radius 2 is 2.27 bits per heavy atom. The van der Waals surface area contributed by atoms with E-state index in [0.29, 0.717) is 36.1 Å². The van der Waals surface area contributed by atoms with Crippen LogP contribution < -0.4 is 15.0 Å². The summed E-state index contributed by atoms with van der Waals surface area (Å²) < 4.78 is 5.53. The smallest absolute Gasteiger partial charge is 0.358 e. The second kappa shape index (κ2) is 8.09. The molecule has 0 radical (unpaired) electrons. The molecule has 0 unspecified atom stereocenters. The molecule has 1 aliphatic heterocycles. The number of hydrogen-bond donors (Lipinski definition) is 2. The zero-order valence-corrected chi connectivity index (χ0v) is 15.0.